The summed E-state index contributed by atoms with van der Waals surface area (Å²) in [4.78, 5) is 23.2. The van der Waals surface area contributed by atoms with E-state index in [1.807, 2.05) is 6.92 Å². The average Bonchev–Trinajstić information content (AvgIpc) is 2.47. The number of carbonyl (C=O) groups excluding carboxylic acids is 1. The van der Waals surface area contributed by atoms with Crippen LogP contribution in [0.15, 0.2) is 16.6 Å². The first-order valence-corrected chi connectivity index (χ1v) is 7.65. The molecule has 122 valence electrons. The quantitative estimate of drug-likeness (QED) is 0.767. The first-order chi connectivity index (χ1) is 10.3. The van der Waals surface area contributed by atoms with Gasteiger partial charge >= 0.3 is 5.97 Å². The van der Waals surface area contributed by atoms with Gasteiger partial charge in [-0.2, -0.15) is 0 Å². The number of halogens is 1. The molecule has 2 unspecified atom stereocenters. The molecule has 1 amide bonds. The number of benzene rings is 1. The number of nitrogens with one attached hydrogen (secondary N) is 1. The summed E-state index contributed by atoms with van der Waals surface area (Å²) in [6.45, 7) is 5.51. The van der Waals surface area contributed by atoms with E-state index in [0.717, 1.165) is 0 Å². The number of aliphatic carboxylic acids is 1. The van der Waals surface area contributed by atoms with Gasteiger partial charge in [-0.1, -0.05) is 0 Å². The molecular formula is C15H20BrNO5. The lowest BCUT2D eigenvalue weighted by Crippen LogP contribution is -2.40. The summed E-state index contributed by atoms with van der Waals surface area (Å²) in [5.41, 5.74) is 0.358. The molecule has 2 atom stereocenters. The Morgan fingerprint density at radius 1 is 1.36 bits per heavy atom. The van der Waals surface area contributed by atoms with Crippen LogP contribution in [0.2, 0.25) is 0 Å². The van der Waals surface area contributed by atoms with Crippen molar-refractivity contribution in [1.29, 1.82) is 0 Å². The lowest BCUT2D eigenvalue weighted by atomic mass is 10.0. The van der Waals surface area contributed by atoms with Gasteiger partial charge in [-0.05, 0) is 48.8 Å². The average molecular weight is 374 g/mol. The highest BCUT2D eigenvalue weighted by atomic mass is 79.9. The number of ether oxygens (including phenoxy) is 2. The van der Waals surface area contributed by atoms with E-state index >= 15 is 0 Å². The monoisotopic (exact) mass is 373 g/mol. The summed E-state index contributed by atoms with van der Waals surface area (Å²) in [7, 11) is 1.49. The molecule has 6 nitrogen and oxygen atoms in total. The number of methoxy groups -OCH3 is 1. The van der Waals surface area contributed by atoms with Gasteiger partial charge in [0, 0.05) is 11.6 Å². The number of carboxylic acids is 1. The highest BCUT2D eigenvalue weighted by molar-refractivity contribution is 9.10. The van der Waals surface area contributed by atoms with Crippen LogP contribution in [0.5, 0.6) is 11.5 Å². The second-order valence-electron chi connectivity index (χ2n) is 4.81. The number of amides is 1. The minimum atomic E-state index is -0.960. The van der Waals surface area contributed by atoms with E-state index in [1.165, 1.54) is 7.11 Å². The van der Waals surface area contributed by atoms with Gasteiger partial charge in [-0.25, -0.2) is 0 Å². The summed E-state index contributed by atoms with van der Waals surface area (Å²) in [6, 6.07) is 2.67. The molecule has 22 heavy (non-hydrogen) atoms. The van der Waals surface area contributed by atoms with Gasteiger partial charge in [-0.15, -0.1) is 0 Å². The van der Waals surface area contributed by atoms with E-state index in [0.29, 0.717) is 28.1 Å². The standard InChI is InChI=1S/C15H20BrNO5/c1-5-22-13-11(16)6-10(7-12(13)21-4)14(18)17-9(3)8(2)15(19)20/h6-9H,5H2,1-4H3,(H,17,18)(H,19,20). The Bertz CT molecular complexity index is 561. The van der Waals surface area contributed by atoms with Crippen molar-refractivity contribution in [1.82, 2.24) is 5.32 Å². The lowest BCUT2D eigenvalue weighted by molar-refractivity contribution is -0.141. The Labute approximate surface area is 137 Å². The number of carbonyl (C=O) groups is 2. The molecule has 0 aromatic heterocycles. The highest BCUT2D eigenvalue weighted by Gasteiger charge is 2.22. The molecule has 1 aromatic rings. The Balaban J connectivity index is 2.99. The van der Waals surface area contributed by atoms with Crippen LogP contribution in [0.25, 0.3) is 0 Å². The molecule has 0 saturated heterocycles. The van der Waals surface area contributed by atoms with Crippen LogP contribution in [0.3, 0.4) is 0 Å². The van der Waals surface area contributed by atoms with Crippen LogP contribution in [0.1, 0.15) is 31.1 Å². The van der Waals surface area contributed by atoms with Crippen molar-refractivity contribution in [3.8, 4) is 11.5 Å². The second-order valence-corrected chi connectivity index (χ2v) is 5.67. The molecule has 0 aliphatic rings. The summed E-state index contributed by atoms with van der Waals surface area (Å²) in [5.74, 6) is -1.06. The van der Waals surface area contributed by atoms with Crippen molar-refractivity contribution in [3.63, 3.8) is 0 Å². The molecule has 0 heterocycles. The predicted molar refractivity (Wildman–Crippen MR) is 85.6 cm³/mol. The summed E-state index contributed by atoms with van der Waals surface area (Å²) >= 11 is 3.35. The molecule has 0 saturated carbocycles. The maximum absolute atomic E-state index is 12.3. The van der Waals surface area contributed by atoms with Gasteiger partial charge < -0.3 is 19.9 Å². The first-order valence-electron chi connectivity index (χ1n) is 6.85. The molecule has 7 heteroatoms. The van der Waals surface area contributed by atoms with Gasteiger partial charge in [-0.3, -0.25) is 9.59 Å². The van der Waals surface area contributed by atoms with Crippen LogP contribution >= 0.6 is 15.9 Å². The van der Waals surface area contributed by atoms with Crippen LogP contribution in [0, 0.1) is 5.92 Å². The van der Waals surface area contributed by atoms with E-state index in [4.69, 9.17) is 14.6 Å². The molecule has 0 radical (unpaired) electrons. The van der Waals surface area contributed by atoms with Crippen LogP contribution < -0.4 is 14.8 Å². The molecule has 0 spiro atoms. The normalized spacial score (nSPS) is 13.1. The molecule has 1 aromatic carbocycles. The van der Waals surface area contributed by atoms with Crippen molar-refractivity contribution in [2.75, 3.05) is 13.7 Å². The van der Waals surface area contributed by atoms with Gasteiger partial charge in [0.2, 0.25) is 0 Å². The van der Waals surface area contributed by atoms with E-state index in [9.17, 15) is 9.59 Å². The minimum absolute atomic E-state index is 0.358. The molecule has 2 N–H and O–H groups in total. The van der Waals surface area contributed by atoms with Crippen LogP contribution in [0.4, 0.5) is 0 Å². The molecular weight excluding hydrogens is 354 g/mol. The van der Waals surface area contributed by atoms with Crippen molar-refractivity contribution < 1.29 is 24.2 Å². The first kappa shape index (κ1) is 18.3. The zero-order valence-corrected chi connectivity index (χ0v) is 14.6. The van der Waals surface area contributed by atoms with Gasteiger partial charge in [0.15, 0.2) is 11.5 Å². The Hall–Kier alpha value is -1.76. The van der Waals surface area contributed by atoms with Gasteiger partial charge in [0.25, 0.3) is 5.91 Å². The number of hydrogen-bond acceptors (Lipinski definition) is 4. The Morgan fingerprint density at radius 2 is 2.00 bits per heavy atom. The van der Waals surface area contributed by atoms with E-state index in [-0.39, 0.29) is 5.91 Å². The molecule has 0 aliphatic heterocycles. The fourth-order valence-electron chi connectivity index (χ4n) is 1.76. The molecule has 0 aliphatic carbocycles. The van der Waals surface area contributed by atoms with E-state index in [1.54, 1.807) is 26.0 Å². The van der Waals surface area contributed by atoms with Crippen LogP contribution in [-0.2, 0) is 4.79 Å². The maximum Gasteiger partial charge on any atom is 0.308 e. The highest BCUT2D eigenvalue weighted by Crippen LogP contribution is 2.36. The van der Waals surface area contributed by atoms with Crippen molar-refractivity contribution in [2.45, 2.75) is 26.8 Å². The largest absolute Gasteiger partial charge is 0.493 e. The predicted octanol–water partition coefficient (Wildman–Crippen LogP) is 2.70. The van der Waals surface area contributed by atoms with Crippen molar-refractivity contribution in [3.05, 3.63) is 22.2 Å². The van der Waals surface area contributed by atoms with E-state index < -0.39 is 17.9 Å². The second kappa shape index (κ2) is 8.03. The van der Waals surface area contributed by atoms with Crippen LogP contribution in [-0.4, -0.2) is 36.7 Å². The Kier molecular flexibility index (Phi) is 6.67. The minimum Gasteiger partial charge on any atom is -0.493 e. The SMILES string of the molecule is CCOc1c(Br)cc(C(=O)NC(C)C(C)C(=O)O)cc1OC. The maximum atomic E-state index is 12.3. The summed E-state index contributed by atoms with van der Waals surface area (Å²) < 4.78 is 11.3. The number of hydrogen-bond donors (Lipinski definition) is 2. The third kappa shape index (κ3) is 4.37. The topological polar surface area (TPSA) is 84.9 Å². The number of rotatable bonds is 7. The third-order valence-corrected chi connectivity index (χ3v) is 3.87. The molecule has 1 rings (SSSR count). The summed E-state index contributed by atoms with van der Waals surface area (Å²) in [5, 5.41) is 11.6. The summed E-state index contributed by atoms with van der Waals surface area (Å²) in [6.07, 6.45) is 0. The van der Waals surface area contributed by atoms with Gasteiger partial charge in [0.1, 0.15) is 0 Å². The fraction of sp³-hybridized carbons (Fsp3) is 0.467. The molecule has 0 fully saturated rings. The zero-order valence-electron chi connectivity index (χ0n) is 13.0. The number of carboxylic acid groups (broad SMARTS) is 1. The van der Waals surface area contributed by atoms with Gasteiger partial charge in [0.05, 0.1) is 24.1 Å². The van der Waals surface area contributed by atoms with E-state index in [2.05, 4.69) is 21.2 Å². The lowest BCUT2D eigenvalue weighted by Gasteiger charge is -2.18. The third-order valence-electron chi connectivity index (χ3n) is 3.28. The Morgan fingerprint density at radius 3 is 2.50 bits per heavy atom. The van der Waals surface area contributed by atoms with Crippen molar-refractivity contribution >= 4 is 27.8 Å². The molecule has 0 bridgehead atoms. The van der Waals surface area contributed by atoms with Crippen molar-refractivity contribution in [2.24, 2.45) is 5.92 Å². The zero-order chi connectivity index (χ0) is 16.9. The fourth-order valence-corrected chi connectivity index (χ4v) is 2.32. The smallest absolute Gasteiger partial charge is 0.308 e.